The summed E-state index contributed by atoms with van der Waals surface area (Å²) in [7, 11) is 0. The fraction of sp³-hybridized carbons (Fsp3) is 0.409. The molecule has 5 rings (SSSR count). The van der Waals surface area contributed by atoms with Crippen molar-refractivity contribution in [3.05, 3.63) is 65.5 Å². The van der Waals surface area contributed by atoms with Crippen molar-refractivity contribution in [3.63, 3.8) is 0 Å². The SMILES string of the molecule is NC1=C(N2CCC(Cc3cc(F)ccc3F)CC2)N(C2CC2)c2cnccc2N1. The van der Waals surface area contributed by atoms with Crippen LogP contribution in [0.25, 0.3) is 0 Å². The highest BCUT2D eigenvalue weighted by Gasteiger charge is 2.39. The lowest BCUT2D eigenvalue weighted by atomic mass is 9.90. The fourth-order valence-corrected chi connectivity index (χ4v) is 4.51. The maximum atomic E-state index is 14.0. The number of halogens is 2. The summed E-state index contributed by atoms with van der Waals surface area (Å²) in [6.45, 7) is 1.69. The van der Waals surface area contributed by atoms with E-state index in [1.54, 1.807) is 6.20 Å². The van der Waals surface area contributed by atoms with Crippen LogP contribution in [0.3, 0.4) is 0 Å². The minimum Gasteiger partial charge on any atom is -0.382 e. The fourth-order valence-electron chi connectivity index (χ4n) is 4.51. The minimum absolute atomic E-state index is 0.318. The van der Waals surface area contributed by atoms with Crippen molar-refractivity contribution in [3.8, 4) is 0 Å². The van der Waals surface area contributed by atoms with Crippen LogP contribution in [0.15, 0.2) is 48.3 Å². The summed E-state index contributed by atoms with van der Waals surface area (Å²) in [5.74, 6) is 1.34. The molecule has 0 bridgehead atoms. The first-order valence-electron chi connectivity index (χ1n) is 10.3. The first kappa shape index (κ1) is 18.2. The number of nitrogens with zero attached hydrogens (tertiary/aromatic N) is 3. The number of likely N-dealkylation sites (tertiary alicyclic amines) is 1. The molecule has 0 radical (unpaired) electrons. The standard InChI is InChI=1S/C22H25F2N5/c23-16-1-4-18(24)15(12-16)11-14-6-9-28(10-7-14)22-21(25)27-19-5-8-26-13-20(19)29(22)17-2-3-17/h1,4-5,8,12-14,17,27H,2-3,6-7,9-11,25H2. The topological polar surface area (TPSA) is 57.4 Å². The molecule has 29 heavy (non-hydrogen) atoms. The Hall–Kier alpha value is -2.83. The van der Waals surface area contributed by atoms with Crippen molar-refractivity contribution < 1.29 is 8.78 Å². The molecule has 2 aliphatic heterocycles. The van der Waals surface area contributed by atoms with Crippen molar-refractivity contribution in [1.82, 2.24) is 9.88 Å². The van der Waals surface area contributed by atoms with E-state index in [9.17, 15) is 8.78 Å². The summed E-state index contributed by atoms with van der Waals surface area (Å²) < 4.78 is 27.5. The smallest absolute Gasteiger partial charge is 0.150 e. The van der Waals surface area contributed by atoms with Crippen molar-refractivity contribution in [2.24, 2.45) is 11.7 Å². The predicted molar refractivity (Wildman–Crippen MR) is 109 cm³/mol. The number of hydrogen-bond acceptors (Lipinski definition) is 5. The molecule has 3 heterocycles. The number of aromatic nitrogens is 1. The third kappa shape index (κ3) is 3.50. The Morgan fingerprint density at radius 2 is 1.90 bits per heavy atom. The molecule has 3 aliphatic rings. The summed E-state index contributed by atoms with van der Waals surface area (Å²) in [5, 5.41) is 3.33. The molecular formula is C22H25F2N5. The molecule has 1 saturated carbocycles. The van der Waals surface area contributed by atoms with Gasteiger partial charge in [-0.3, -0.25) is 4.98 Å². The summed E-state index contributed by atoms with van der Waals surface area (Å²) in [5.41, 5.74) is 8.98. The van der Waals surface area contributed by atoms with Gasteiger partial charge in [0.15, 0.2) is 5.82 Å². The van der Waals surface area contributed by atoms with Crippen LogP contribution in [0, 0.1) is 17.6 Å². The van der Waals surface area contributed by atoms with Gasteiger partial charge in [-0.05, 0) is 67.9 Å². The van der Waals surface area contributed by atoms with Gasteiger partial charge in [-0.15, -0.1) is 0 Å². The number of rotatable bonds is 4. The van der Waals surface area contributed by atoms with Gasteiger partial charge in [0, 0.05) is 25.3 Å². The highest BCUT2D eigenvalue weighted by Crippen LogP contribution is 2.43. The molecule has 7 heteroatoms. The normalized spacial score (nSPS) is 19.9. The van der Waals surface area contributed by atoms with E-state index in [0.717, 1.165) is 56.0 Å². The second-order valence-corrected chi connectivity index (χ2v) is 8.23. The third-order valence-corrected chi connectivity index (χ3v) is 6.14. The van der Waals surface area contributed by atoms with Crippen molar-refractivity contribution in [1.29, 1.82) is 0 Å². The summed E-state index contributed by atoms with van der Waals surface area (Å²) >= 11 is 0. The van der Waals surface area contributed by atoms with Gasteiger partial charge in [-0.25, -0.2) is 8.78 Å². The van der Waals surface area contributed by atoms with Crippen molar-refractivity contribution in [2.45, 2.75) is 38.1 Å². The Labute approximate surface area is 169 Å². The second-order valence-electron chi connectivity index (χ2n) is 8.23. The first-order valence-corrected chi connectivity index (χ1v) is 10.3. The minimum atomic E-state index is -0.377. The van der Waals surface area contributed by atoms with Crippen LogP contribution in [0.5, 0.6) is 0 Å². The van der Waals surface area contributed by atoms with E-state index in [-0.39, 0.29) is 11.6 Å². The van der Waals surface area contributed by atoms with Gasteiger partial charge in [0.05, 0.1) is 17.6 Å². The lowest BCUT2D eigenvalue weighted by Crippen LogP contribution is -2.46. The zero-order valence-corrected chi connectivity index (χ0v) is 16.2. The van der Waals surface area contributed by atoms with E-state index in [2.05, 4.69) is 20.1 Å². The molecule has 0 unspecified atom stereocenters. The highest BCUT2D eigenvalue weighted by atomic mass is 19.1. The van der Waals surface area contributed by atoms with E-state index in [1.807, 2.05) is 12.3 Å². The molecule has 3 N–H and O–H groups in total. The third-order valence-electron chi connectivity index (χ3n) is 6.14. The molecule has 1 saturated heterocycles. The van der Waals surface area contributed by atoms with E-state index < -0.39 is 0 Å². The van der Waals surface area contributed by atoms with E-state index in [0.29, 0.717) is 29.8 Å². The molecule has 0 atom stereocenters. The van der Waals surface area contributed by atoms with Crippen LogP contribution in [-0.4, -0.2) is 29.0 Å². The molecule has 0 spiro atoms. The van der Waals surface area contributed by atoms with Crippen LogP contribution in [0.1, 0.15) is 31.2 Å². The Morgan fingerprint density at radius 3 is 2.66 bits per heavy atom. The van der Waals surface area contributed by atoms with Gasteiger partial charge in [-0.1, -0.05) is 0 Å². The molecule has 1 aromatic heterocycles. The van der Waals surface area contributed by atoms with Gasteiger partial charge in [0.25, 0.3) is 0 Å². The average molecular weight is 397 g/mol. The largest absolute Gasteiger partial charge is 0.382 e. The van der Waals surface area contributed by atoms with Gasteiger partial charge in [0.1, 0.15) is 17.5 Å². The predicted octanol–water partition coefficient (Wildman–Crippen LogP) is 3.79. The molecule has 152 valence electrons. The van der Waals surface area contributed by atoms with Crippen LogP contribution in [-0.2, 0) is 6.42 Å². The Morgan fingerprint density at radius 1 is 1.10 bits per heavy atom. The number of nitrogens with one attached hydrogen (secondary N) is 1. The summed E-state index contributed by atoms with van der Waals surface area (Å²) in [4.78, 5) is 8.97. The Balaban J connectivity index is 1.32. The second kappa shape index (κ2) is 7.21. The number of hydrogen-bond donors (Lipinski definition) is 2. The van der Waals surface area contributed by atoms with Crippen LogP contribution >= 0.6 is 0 Å². The van der Waals surface area contributed by atoms with Crippen molar-refractivity contribution >= 4 is 11.4 Å². The first-order chi connectivity index (χ1) is 14.1. The number of anilines is 2. The van der Waals surface area contributed by atoms with Gasteiger partial charge < -0.3 is 20.9 Å². The quantitative estimate of drug-likeness (QED) is 0.822. The van der Waals surface area contributed by atoms with Gasteiger partial charge >= 0.3 is 0 Å². The molecule has 0 amide bonds. The zero-order valence-electron chi connectivity index (χ0n) is 16.2. The van der Waals surface area contributed by atoms with E-state index in [4.69, 9.17) is 5.73 Å². The van der Waals surface area contributed by atoms with Gasteiger partial charge in [-0.2, -0.15) is 0 Å². The monoisotopic (exact) mass is 397 g/mol. The number of piperidine rings is 1. The average Bonchev–Trinajstić information content (AvgIpc) is 3.55. The molecule has 2 aromatic rings. The molecular weight excluding hydrogens is 372 g/mol. The lowest BCUT2D eigenvalue weighted by molar-refractivity contribution is 0.217. The number of nitrogens with two attached hydrogens (primary N) is 1. The molecule has 5 nitrogen and oxygen atoms in total. The Kier molecular flexibility index (Phi) is 4.53. The number of fused-ring (bicyclic) bond motifs is 1. The number of pyridine rings is 1. The maximum absolute atomic E-state index is 14.0. The zero-order chi connectivity index (χ0) is 20.0. The Bertz CT molecular complexity index is 948. The highest BCUT2D eigenvalue weighted by molar-refractivity contribution is 5.77. The van der Waals surface area contributed by atoms with Crippen LogP contribution in [0.4, 0.5) is 20.2 Å². The number of benzene rings is 1. The van der Waals surface area contributed by atoms with Crippen LogP contribution in [0.2, 0.25) is 0 Å². The van der Waals surface area contributed by atoms with E-state index in [1.165, 1.54) is 18.2 Å². The maximum Gasteiger partial charge on any atom is 0.150 e. The lowest BCUT2D eigenvalue weighted by Gasteiger charge is -2.43. The molecule has 2 fully saturated rings. The summed E-state index contributed by atoms with van der Waals surface area (Å²) in [6, 6.07) is 6.14. The molecule has 1 aliphatic carbocycles. The van der Waals surface area contributed by atoms with Gasteiger partial charge in [0.2, 0.25) is 0 Å². The molecule has 1 aromatic carbocycles. The van der Waals surface area contributed by atoms with E-state index >= 15 is 0 Å². The van der Waals surface area contributed by atoms with Crippen molar-refractivity contribution in [2.75, 3.05) is 23.3 Å². The summed E-state index contributed by atoms with van der Waals surface area (Å²) in [6.07, 6.45) is 8.39. The van der Waals surface area contributed by atoms with Crippen LogP contribution < -0.4 is 16.0 Å².